The molecule has 2 aliphatic heterocycles. The normalized spacial score (nSPS) is 41.1. The summed E-state index contributed by atoms with van der Waals surface area (Å²) in [5.74, 6) is 0.161. The van der Waals surface area contributed by atoms with Crippen LogP contribution in [-0.2, 0) is 4.79 Å². The van der Waals surface area contributed by atoms with Crippen LogP contribution in [0, 0.1) is 5.92 Å². The Bertz CT molecular complexity index is 347. The summed E-state index contributed by atoms with van der Waals surface area (Å²) in [4.78, 5) is 16.4. The van der Waals surface area contributed by atoms with Crippen molar-refractivity contribution in [3.05, 3.63) is 0 Å². The molecule has 0 aromatic carbocycles. The van der Waals surface area contributed by atoms with Crippen LogP contribution in [0.1, 0.15) is 44.9 Å². The lowest BCUT2D eigenvalue weighted by Crippen LogP contribution is -2.59. The molecule has 4 nitrogen and oxygen atoms in total. The van der Waals surface area contributed by atoms with Crippen LogP contribution >= 0.6 is 0 Å². The van der Waals surface area contributed by atoms with E-state index in [0.717, 1.165) is 38.3 Å². The fourth-order valence-corrected chi connectivity index (χ4v) is 4.60. The molecule has 0 bridgehead atoms. The van der Waals surface area contributed by atoms with E-state index in [9.17, 15) is 9.90 Å². The van der Waals surface area contributed by atoms with E-state index < -0.39 is 5.97 Å². The van der Waals surface area contributed by atoms with E-state index in [1.54, 1.807) is 0 Å². The lowest BCUT2D eigenvalue weighted by atomic mass is 9.75. The van der Waals surface area contributed by atoms with Gasteiger partial charge in [-0.05, 0) is 51.6 Å². The highest BCUT2D eigenvalue weighted by Gasteiger charge is 2.45. The van der Waals surface area contributed by atoms with Gasteiger partial charge in [0.1, 0.15) is 6.04 Å². The zero-order chi connectivity index (χ0) is 13.4. The molecule has 4 atom stereocenters. The van der Waals surface area contributed by atoms with Gasteiger partial charge in [0.2, 0.25) is 0 Å². The van der Waals surface area contributed by atoms with Crippen molar-refractivity contribution in [2.24, 2.45) is 5.92 Å². The fourth-order valence-electron chi connectivity index (χ4n) is 4.60. The number of carboxylic acids is 1. The van der Waals surface area contributed by atoms with Crippen LogP contribution in [0.4, 0.5) is 0 Å². The zero-order valence-corrected chi connectivity index (χ0v) is 11.9. The number of rotatable bonds is 2. The van der Waals surface area contributed by atoms with Gasteiger partial charge in [0.05, 0.1) is 0 Å². The molecule has 3 rings (SSSR count). The SMILES string of the molecule is CN1CCC(N2C(C(=O)O)CCC3CCCCC32)C1. The lowest BCUT2D eigenvalue weighted by Gasteiger charge is -2.49. The van der Waals surface area contributed by atoms with E-state index in [2.05, 4.69) is 16.8 Å². The Morgan fingerprint density at radius 1 is 1.11 bits per heavy atom. The minimum absolute atomic E-state index is 0.226. The molecule has 108 valence electrons. The van der Waals surface area contributed by atoms with Crippen molar-refractivity contribution in [2.75, 3.05) is 20.1 Å². The van der Waals surface area contributed by atoms with E-state index in [4.69, 9.17) is 0 Å². The molecule has 0 spiro atoms. The first-order valence-corrected chi connectivity index (χ1v) is 7.85. The number of likely N-dealkylation sites (N-methyl/N-ethyl adjacent to an activating group) is 1. The van der Waals surface area contributed by atoms with Crippen LogP contribution in [0.25, 0.3) is 0 Å². The molecule has 1 saturated carbocycles. The number of hydrogen-bond donors (Lipinski definition) is 1. The van der Waals surface area contributed by atoms with Crippen molar-refractivity contribution in [2.45, 2.75) is 63.1 Å². The van der Waals surface area contributed by atoms with Gasteiger partial charge in [0.25, 0.3) is 0 Å². The Morgan fingerprint density at radius 2 is 1.89 bits per heavy atom. The molecule has 1 N–H and O–H groups in total. The predicted molar refractivity (Wildman–Crippen MR) is 74.1 cm³/mol. The number of hydrogen-bond acceptors (Lipinski definition) is 3. The number of likely N-dealkylation sites (tertiary alicyclic amines) is 2. The van der Waals surface area contributed by atoms with Gasteiger partial charge in [-0.25, -0.2) is 0 Å². The molecule has 0 aromatic heterocycles. The molecule has 4 heteroatoms. The first-order chi connectivity index (χ1) is 9.16. The van der Waals surface area contributed by atoms with E-state index in [1.807, 2.05) is 0 Å². The average molecular weight is 266 g/mol. The second kappa shape index (κ2) is 5.41. The highest BCUT2D eigenvalue weighted by molar-refractivity contribution is 5.73. The quantitative estimate of drug-likeness (QED) is 0.827. The number of piperidine rings is 1. The van der Waals surface area contributed by atoms with Crippen molar-refractivity contribution in [1.82, 2.24) is 9.80 Å². The molecule has 3 aliphatic rings. The van der Waals surface area contributed by atoms with Crippen LogP contribution < -0.4 is 0 Å². The van der Waals surface area contributed by atoms with Gasteiger partial charge < -0.3 is 10.0 Å². The summed E-state index contributed by atoms with van der Waals surface area (Å²) in [5, 5.41) is 9.57. The summed E-state index contributed by atoms with van der Waals surface area (Å²) in [6.45, 7) is 2.16. The average Bonchev–Trinajstić information content (AvgIpc) is 2.83. The number of nitrogens with zero attached hydrogens (tertiary/aromatic N) is 2. The topological polar surface area (TPSA) is 43.8 Å². The van der Waals surface area contributed by atoms with Crippen LogP contribution in [0.5, 0.6) is 0 Å². The largest absolute Gasteiger partial charge is 0.480 e. The van der Waals surface area contributed by atoms with Crippen LogP contribution in [0.2, 0.25) is 0 Å². The molecule has 19 heavy (non-hydrogen) atoms. The van der Waals surface area contributed by atoms with Crippen molar-refractivity contribution in [3.63, 3.8) is 0 Å². The van der Waals surface area contributed by atoms with Gasteiger partial charge in [-0.2, -0.15) is 0 Å². The maximum atomic E-state index is 11.6. The van der Waals surface area contributed by atoms with Gasteiger partial charge in [-0.3, -0.25) is 9.69 Å². The van der Waals surface area contributed by atoms with E-state index in [-0.39, 0.29) is 6.04 Å². The number of carboxylic acid groups (broad SMARTS) is 1. The summed E-state index contributed by atoms with van der Waals surface area (Å²) < 4.78 is 0. The smallest absolute Gasteiger partial charge is 0.320 e. The van der Waals surface area contributed by atoms with Gasteiger partial charge >= 0.3 is 5.97 Å². The van der Waals surface area contributed by atoms with E-state index >= 15 is 0 Å². The minimum Gasteiger partial charge on any atom is -0.480 e. The number of carbonyl (C=O) groups is 1. The molecule has 3 fully saturated rings. The Morgan fingerprint density at radius 3 is 2.58 bits per heavy atom. The highest BCUT2D eigenvalue weighted by Crippen LogP contribution is 2.40. The van der Waals surface area contributed by atoms with E-state index in [1.165, 1.54) is 25.7 Å². The summed E-state index contributed by atoms with van der Waals surface area (Å²) in [5.41, 5.74) is 0. The first-order valence-electron chi connectivity index (χ1n) is 7.85. The summed E-state index contributed by atoms with van der Waals surface area (Å²) >= 11 is 0. The summed E-state index contributed by atoms with van der Waals surface area (Å²) in [6.07, 6.45) is 8.29. The molecule has 0 radical (unpaired) electrons. The van der Waals surface area contributed by atoms with Gasteiger partial charge in [0.15, 0.2) is 0 Å². The van der Waals surface area contributed by atoms with Crippen LogP contribution in [0.15, 0.2) is 0 Å². The van der Waals surface area contributed by atoms with Crippen molar-refractivity contribution >= 4 is 5.97 Å². The second-order valence-electron chi connectivity index (χ2n) is 6.70. The monoisotopic (exact) mass is 266 g/mol. The maximum absolute atomic E-state index is 11.6. The first kappa shape index (κ1) is 13.4. The minimum atomic E-state index is -0.599. The van der Waals surface area contributed by atoms with E-state index in [0.29, 0.717) is 12.1 Å². The Labute approximate surface area is 115 Å². The third-order valence-electron chi connectivity index (χ3n) is 5.50. The number of aliphatic carboxylic acids is 1. The zero-order valence-electron chi connectivity index (χ0n) is 11.9. The molecule has 1 aliphatic carbocycles. The van der Waals surface area contributed by atoms with Crippen LogP contribution in [0.3, 0.4) is 0 Å². The third-order valence-corrected chi connectivity index (χ3v) is 5.50. The fraction of sp³-hybridized carbons (Fsp3) is 0.933. The second-order valence-corrected chi connectivity index (χ2v) is 6.70. The maximum Gasteiger partial charge on any atom is 0.320 e. The highest BCUT2D eigenvalue weighted by atomic mass is 16.4. The van der Waals surface area contributed by atoms with Gasteiger partial charge in [-0.15, -0.1) is 0 Å². The van der Waals surface area contributed by atoms with Crippen LogP contribution in [-0.4, -0.2) is 59.1 Å². The molecule has 4 unspecified atom stereocenters. The van der Waals surface area contributed by atoms with Gasteiger partial charge in [-0.1, -0.05) is 12.8 Å². The predicted octanol–water partition coefficient (Wildman–Crippen LogP) is 1.80. The van der Waals surface area contributed by atoms with Crippen molar-refractivity contribution in [3.8, 4) is 0 Å². The number of fused-ring (bicyclic) bond motifs is 1. The lowest BCUT2D eigenvalue weighted by molar-refractivity contribution is -0.150. The summed E-state index contributed by atoms with van der Waals surface area (Å²) in [6, 6.07) is 0.785. The summed E-state index contributed by atoms with van der Waals surface area (Å²) in [7, 11) is 2.15. The molecule has 2 saturated heterocycles. The van der Waals surface area contributed by atoms with Crippen molar-refractivity contribution in [1.29, 1.82) is 0 Å². The standard InChI is InChI=1S/C15H26N2O2/c1-16-9-8-12(10-16)17-13-5-3-2-4-11(13)6-7-14(17)15(18)19/h11-14H,2-10H2,1H3,(H,18,19). The Balaban J connectivity index is 1.81. The van der Waals surface area contributed by atoms with Crippen molar-refractivity contribution < 1.29 is 9.90 Å². The van der Waals surface area contributed by atoms with Gasteiger partial charge in [0, 0.05) is 18.6 Å². The molecular weight excluding hydrogens is 240 g/mol. The molecule has 0 amide bonds. The molecular formula is C15H26N2O2. The Kier molecular flexibility index (Phi) is 3.81. The Hall–Kier alpha value is -0.610. The molecule has 2 heterocycles. The molecule has 0 aromatic rings. The third kappa shape index (κ3) is 2.52.